The molecule has 2 heterocycles. The summed E-state index contributed by atoms with van der Waals surface area (Å²) in [6.07, 6.45) is 1.74. The topological polar surface area (TPSA) is 72.0 Å². The van der Waals surface area contributed by atoms with Crippen LogP contribution in [0.15, 0.2) is 36.5 Å². The van der Waals surface area contributed by atoms with Crippen LogP contribution in [0.25, 0.3) is 10.6 Å². The standard InChI is InChI=1S/C16H17N5OS/c1-10-14(23-16(17-2)19-10)13-8-9-18-15(21-13)20-11-4-6-12(22-3)7-5-11/h4-9H,1-3H3,(H,17,19)(H,18,20,21). The zero-order valence-electron chi connectivity index (χ0n) is 13.1. The van der Waals surface area contributed by atoms with Gasteiger partial charge in [-0.3, -0.25) is 0 Å². The van der Waals surface area contributed by atoms with Crippen LogP contribution in [0.2, 0.25) is 0 Å². The number of thiazole rings is 1. The summed E-state index contributed by atoms with van der Waals surface area (Å²) in [5.74, 6) is 1.36. The van der Waals surface area contributed by atoms with Gasteiger partial charge in [-0.1, -0.05) is 11.3 Å². The summed E-state index contributed by atoms with van der Waals surface area (Å²) in [6.45, 7) is 1.98. The number of ether oxygens (including phenoxy) is 1. The first-order valence-corrected chi connectivity index (χ1v) is 7.91. The summed E-state index contributed by atoms with van der Waals surface area (Å²) in [6, 6.07) is 9.51. The fourth-order valence-corrected chi connectivity index (χ4v) is 2.98. The molecule has 0 bridgehead atoms. The Morgan fingerprint density at radius 1 is 1.09 bits per heavy atom. The van der Waals surface area contributed by atoms with E-state index in [1.165, 1.54) is 0 Å². The second-order valence-electron chi connectivity index (χ2n) is 4.80. The molecular weight excluding hydrogens is 310 g/mol. The zero-order valence-corrected chi connectivity index (χ0v) is 13.9. The number of aryl methyl sites for hydroxylation is 1. The maximum atomic E-state index is 5.15. The highest BCUT2D eigenvalue weighted by atomic mass is 32.1. The highest BCUT2D eigenvalue weighted by molar-refractivity contribution is 7.19. The van der Waals surface area contributed by atoms with E-state index in [1.54, 1.807) is 24.6 Å². The Labute approximate surface area is 138 Å². The van der Waals surface area contributed by atoms with Crippen molar-refractivity contribution in [2.45, 2.75) is 6.92 Å². The minimum atomic E-state index is 0.548. The first-order valence-electron chi connectivity index (χ1n) is 7.09. The molecule has 0 unspecified atom stereocenters. The average Bonchev–Trinajstić information content (AvgIpc) is 2.97. The molecule has 0 aliphatic carbocycles. The van der Waals surface area contributed by atoms with Crippen LogP contribution < -0.4 is 15.4 Å². The Hall–Kier alpha value is -2.67. The number of hydrogen-bond acceptors (Lipinski definition) is 7. The maximum absolute atomic E-state index is 5.15. The van der Waals surface area contributed by atoms with Crippen molar-refractivity contribution in [2.24, 2.45) is 0 Å². The molecule has 3 rings (SSSR count). The van der Waals surface area contributed by atoms with Crippen LogP contribution >= 0.6 is 11.3 Å². The van der Waals surface area contributed by atoms with Crippen LogP contribution in [0.5, 0.6) is 5.75 Å². The largest absolute Gasteiger partial charge is 0.497 e. The van der Waals surface area contributed by atoms with Crippen molar-refractivity contribution in [3.8, 4) is 16.3 Å². The predicted molar refractivity (Wildman–Crippen MR) is 93.7 cm³/mol. The Morgan fingerprint density at radius 2 is 1.87 bits per heavy atom. The van der Waals surface area contributed by atoms with Crippen molar-refractivity contribution >= 4 is 28.1 Å². The Morgan fingerprint density at radius 3 is 2.52 bits per heavy atom. The molecule has 3 aromatic rings. The lowest BCUT2D eigenvalue weighted by Gasteiger charge is -2.07. The molecule has 0 saturated heterocycles. The second kappa shape index (κ2) is 6.62. The molecule has 0 amide bonds. The minimum absolute atomic E-state index is 0.548. The third-order valence-corrected chi connectivity index (χ3v) is 4.44. The van der Waals surface area contributed by atoms with E-state index < -0.39 is 0 Å². The van der Waals surface area contributed by atoms with Crippen molar-refractivity contribution in [1.82, 2.24) is 15.0 Å². The van der Waals surface area contributed by atoms with E-state index in [4.69, 9.17) is 4.74 Å². The zero-order chi connectivity index (χ0) is 16.2. The molecule has 0 radical (unpaired) electrons. The first kappa shape index (κ1) is 15.2. The molecule has 23 heavy (non-hydrogen) atoms. The Bertz CT molecular complexity index is 800. The highest BCUT2D eigenvalue weighted by Gasteiger charge is 2.11. The molecule has 0 aliphatic heterocycles. The van der Waals surface area contributed by atoms with Crippen molar-refractivity contribution in [3.63, 3.8) is 0 Å². The summed E-state index contributed by atoms with van der Waals surface area (Å²) >= 11 is 1.58. The summed E-state index contributed by atoms with van der Waals surface area (Å²) in [7, 11) is 3.50. The molecule has 0 atom stereocenters. The SMILES string of the molecule is CNc1nc(C)c(-c2ccnc(Nc3ccc(OC)cc3)n2)s1. The van der Waals surface area contributed by atoms with E-state index in [1.807, 2.05) is 44.3 Å². The van der Waals surface area contributed by atoms with Gasteiger partial charge in [0.15, 0.2) is 5.13 Å². The van der Waals surface area contributed by atoms with Crippen molar-refractivity contribution in [3.05, 3.63) is 42.2 Å². The molecule has 6 nitrogen and oxygen atoms in total. The minimum Gasteiger partial charge on any atom is -0.497 e. The molecule has 2 N–H and O–H groups in total. The summed E-state index contributed by atoms with van der Waals surface area (Å²) in [5, 5.41) is 7.13. The van der Waals surface area contributed by atoms with Crippen LogP contribution in [0.4, 0.5) is 16.8 Å². The van der Waals surface area contributed by atoms with Crippen molar-refractivity contribution in [1.29, 1.82) is 0 Å². The quantitative estimate of drug-likeness (QED) is 0.744. The third-order valence-electron chi connectivity index (χ3n) is 3.24. The van der Waals surface area contributed by atoms with E-state index in [0.29, 0.717) is 5.95 Å². The van der Waals surface area contributed by atoms with E-state index in [9.17, 15) is 0 Å². The van der Waals surface area contributed by atoms with Gasteiger partial charge in [0, 0.05) is 18.9 Å². The first-order chi connectivity index (χ1) is 11.2. The molecule has 1 aromatic carbocycles. The highest BCUT2D eigenvalue weighted by Crippen LogP contribution is 2.31. The van der Waals surface area contributed by atoms with Crippen molar-refractivity contribution < 1.29 is 4.74 Å². The molecule has 0 fully saturated rings. The molecule has 7 heteroatoms. The number of benzene rings is 1. The molecule has 2 aromatic heterocycles. The van der Waals surface area contributed by atoms with Crippen LogP contribution in [-0.4, -0.2) is 29.1 Å². The van der Waals surface area contributed by atoms with Gasteiger partial charge in [0.05, 0.1) is 23.4 Å². The lowest BCUT2D eigenvalue weighted by molar-refractivity contribution is 0.415. The Kier molecular flexibility index (Phi) is 4.38. The molecular formula is C16H17N5OS. The summed E-state index contributed by atoms with van der Waals surface area (Å²) in [4.78, 5) is 14.3. The third kappa shape index (κ3) is 3.40. The lowest BCUT2D eigenvalue weighted by atomic mass is 10.3. The van der Waals surface area contributed by atoms with Gasteiger partial charge in [0.2, 0.25) is 5.95 Å². The molecule has 118 valence electrons. The fraction of sp³-hybridized carbons (Fsp3) is 0.188. The summed E-state index contributed by atoms with van der Waals surface area (Å²) < 4.78 is 5.15. The normalized spacial score (nSPS) is 10.4. The van der Waals surface area contributed by atoms with Gasteiger partial charge in [-0.15, -0.1) is 0 Å². The predicted octanol–water partition coefficient (Wildman–Crippen LogP) is 3.70. The van der Waals surface area contributed by atoms with Gasteiger partial charge in [0.25, 0.3) is 0 Å². The Balaban J connectivity index is 1.85. The number of anilines is 3. The number of rotatable bonds is 5. The van der Waals surface area contributed by atoms with Crippen LogP contribution in [0.1, 0.15) is 5.69 Å². The van der Waals surface area contributed by atoms with Gasteiger partial charge in [-0.05, 0) is 37.3 Å². The number of nitrogens with one attached hydrogen (secondary N) is 2. The van der Waals surface area contributed by atoms with Crippen LogP contribution in [-0.2, 0) is 0 Å². The maximum Gasteiger partial charge on any atom is 0.227 e. The number of hydrogen-bond donors (Lipinski definition) is 2. The molecule has 0 aliphatic rings. The summed E-state index contributed by atoms with van der Waals surface area (Å²) in [5.41, 5.74) is 2.71. The smallest absolute Gasteiger partial charge is 0.227 e. The second-order valence-corrected chi connectivity index (χ2v) is 5.80. The van der Waals surface area contributed by atoms with Gasteiger partial charge >= 0.3 is 0 Å². The molecule has 0 spiro atoms. The fourth-order valence-electron chi connectivity index (χ4n) is 2.09. The number of aromatic nitrogens is 3. The number of nitrogens with zero attached hydrogens (tertiary/aromatic N) is 3. The van der Waals surface area contributed by atoms with E-state index >= 15 is 0 Å². The van der Waals surface area contributed by atoms with Gasteiger partial charge < -0.3 is 15.4 Å². The average molecular weight is 327 g/mol. The van der Waals surface area contributed by atoms with Crippen LogP contribution in [0.3, 0.4) is 0 Å². The van der Waals surface area contributed by atoms with Crippen LogP contribution in [0, 0.1) is 6.92 Å². The van der Waals surface area contributed by atoms with Crippen molar-refractivity contribution in [2.75, 3.05) is 24.8 Å². The van der Waals surface area contributed by atoms with E-state index in [0.717, 1.165) is 32.8 Å². The van der Waals surface area contributed by atoms with E-state index in [-0.39, 0.29) is 0 Å². The van der Waals surface area contributed by atoms with E-state index in [2.05, 4.69) is 25.6 Å². The van der Waals surface area contributed by atoms with Gasteiger partial charge in [-0.2, -0.15) is 0 Å². The number of methoxy groups -OCH3 is 1. The van der Waals surface area contributed by atoms with Gasteiger partial charge in [0.1, 0.15) is 5.75 Å². The lowest BCUT2D eigenvalue weighted by Crippen LogP contribution is -1.97. The monoisotopic (exact) mass is 327 g/mol. The molecule has 0 saturated carbocycles. The van der Waals surface area contributed by atoms with Gasteiger partial charge in [-0.25, -0.2) is 15.0 Å².